The fraction of sp³-hybridized carbons (Fsp3) is 0.500. The van der Waals surface area contributed by atoms with Gasteiger partial charge in [0.15, 0.2) is 0 Å². The molecule has 0 amide bonds. The Morgan fingerprint density at radius 2 is 2.12 bits per heavy atom. The minimum absolute atomic E-state index is 0.149. The Kier molecular flexibility index (Phi) is 3.66. The van der Waals surface area contributed by atoms with Crippen molar-refractivity contribution in [1.29, 1.82) is 0 Å². The van der Waals surface area contributed by atoms with E-state index < -0.39 is 0 Å². The summed E-state index contributed by atoms with van der Waals surface area (Å²) in [6.07, 6.45) is 0.850. The Balaban J connectivity index is 2.64. The molecule has 5 heteroatoms. The highest BCUT2D eigenvalue weighted by molar-refractivity contribution is 9.10. The van der Waals surface area contributed by atoms with Crippen LogP contribution < -0.4 is 10.1 Å². The van der Waals surface area contributed by atoms with Crippen LogP contribution in [0.1, 0.15) is 31.9 Å². The summed E-state index contributed by atoms with van der Waals surface area (Å²) < 4.78 is 6.74. The van der Waals surface area contributed by atoms with Crippen molar-refractivity contribution in [3.63, 3.8) is 0 Å². The van der Waals surface area contributed by atoms with E-state index in [0.29, 0.717) is 15.8 Å². The topological polar surface area (TPSA) is 21.3 Å². The van der Waals surface area contributed by atoms with Gasteiger partial charge < -0.3 is 10.1 Å². The lowest BCUT2D eigenvalue weighted by Gasteiger charge is -2.38. The molecule has 1 N–H and O–H groups in total. The van der Waals surface area contributed by atoms with Gasteiger partial charge in [0.05, 0.1) is 10.0 Å². The standard InChI is InChI=1S/C12H14BrCl2NO/c1-12(2)5-8(16-3)9-10(15)6(13)4-7(14)11(9)17-12/h4,8,16H,5H2,1-3H3. The number of halogens is 3. The van der Waals surface area contributed by atoms with E-state index in [1.54, 1.807) is 6.07 Å². The molecule has 1 atom stereocenters. The zero-order valence-corrected chi connectivity index (χ0v) is 13.0. The Labute approximate surface area is 120 Å². The molecule has 2 nitrogen and oxygen atoms in total. The largest absolute Gasteiger partial charge is 0.486 e. The Morgan fingerprint density at radius 1 is 1.47 bits per heavy atom. The SMILES string of the molecule is CNC1CC(C)(C)Oc2c(Cl)cc(Br)c(Cl)c21. The smallest absolute Gasteiger partial charge is 0.145 e. The van der Waals surface area contributed by atoms with Crippen LogP contribution in [0.15, 0.2) is 10.5 Å². The monoisotopic (exact) mass is 337 g/mol. The Hall–Kier alpha value is 0.0400. The number of nitrogens with one attached hydrogen (secondary N) is 1. The molecule has 1 aromatic rings. The van der Waals surface area contributed by atoms with E-state index in [2.05, 4.69) is 21.2 Å². The van der Waals surface area contributed by atoms with E-state index in [-0.39, 0.29) is 11.6 Å². The second kappa shape index (κ2) is 4.61. The quantitative estimate of drug-likeness (QED) is 0.757. The highest BCUT2D eigenvalue weighted by Gasteiger charge is 2.36. The van der Waals surface area contributed by atoms with Crippen LogP contribution in [0, 0.1) is 0 Å². The molecule has 0 aromatic heterocycles. The third-order valence-electron chi connectivity index (χ3n) is 2.93. The van der Waals surface area contributed by atoms with E-state index in [1.807, 2.05) is 20.9 Å². The summed E-state index contributed by atoms with van der Waals surface area (Å²) in [4.78, 5) is 0. The molecule has 0 saturated heterocycles. The third-order valence-corrected chi connectivity index (χ3v) is 4.47. The average Bonchev–Trinajstić information content (AvgIpc) is 2.24. The molecule has 0 radical (unpaired) electrons. The van der Waals surface area contributed by atoms with E-state index in [1.165, 1.54) is 0 Å². The van der Waals surface area contributed by atoms with Gasteiger partial charge in [0, 0.05) is 22.5 Å². The van der Waals surface area contributed by atoms with Gasteiger partial charge in [0.1, 0.15) is 11.4 Å². The summed E-state index contributed by atoms with van der Waals surface area (Å²) in [5, 5.41) is 4.52. The second-order valence-electron chi connectivity index (χ2n) is 4.80. The molecular formula is C12H14BrCl2NO. The summed E-state index contributed by atoms with van der Waals surface area (Å²) in [6.45, 7) is 4.10. The zero-order valence-electron chi connectivity index (χ0n) is 9.90. The molecule has 1 heterocycles. The van der Waals surface area contributed by atoms with Crippen molar-refractivity contribution < 1.29 is 4.74 Å². The summed E-state index contributed by atoms with van der Waals surface area (Å²) in [5.41, 5.74) is 0.689. The molecular weight excluding hydrogens is 325 g/mol. The first-order valence-electron chi connectivity index (χ1n) is 5.39. The molecule has 17 heavy (non-hydrogen) atoms. The van der Waals surface area contributed by atoms with Gasteiger partial charge >= 0.3 is 0 Å². The predicted octanol–water partition coefficient (Wildman–Crippen LogP) is 4.58. The van der Waals surface area contributed by atoms with Crippen molar-refractivity contribution in [2.24, 2.45) is 0 Å². The van der Waals surface area contributed by atoms with Crippen molar-refractivity contribution in [2.45, 2.75) is 31.9 Å². The molecule has 0 bridgehead atoms. The highest BCUT2D eigenvalue weighted by atomic mass is 79.9. The van der Waals surface area contributed by atoms with Crippen LogP contribution in [0.3, 0.4) is 0 Å². The maximum Gasteiger partial charge on any atom is 0.145 e. The van der Waals surface area contributed by atoms with Crippen LogP contribution >= 0.6 is 39.1 Å². The molecule has 1 aliphatic heterocycles. The molecule has 94 valence electrons. The van der Waals surface area contributed by atoms with Crippen LogP contribution in [0.4, 0.5) is 0 Å². The molecule has 0 spiro atoms. The van der Waals surface area contributed by atoms with Crippen LogP contribution in [0.25, 0.3) is 0 Å². The van der Waals surface area contributed by atoms with Crippen LogP contribution in [-0.4, -0.2) is 12.6 Å². The summed E-state index contributed by atoms with van der Waals surface area (Å²) in [7, 11) is 1.92. The van der Waals surface area contributed by atoms with Gasteiger partial charge in [-0.1, -0.05) is 23.2 Å². The predicted molar refractivity (Wildman–Crippen MR) is 75.3 cm³/mol. The molecule has 0 saturated carbocycles. The summed E-state index contributed by atoms with van der Waals surface area (Å²) >= 11 is 16.0. The van der Waals surface area contributed by atoms with Gasteiger partial charge in [0.25, 0.3) is 0 Å². The fourth-order valence-corrected chi connectivity index (χ4v) is 3.27. The first-order valence-corrected chi connectivity index (χ1v) is 6.94. The lowest BCUT2D eigenvalue weighted by Crippen LogP contribution is -2.38. The fourth-order valence-electron chi connectivity index (χ4n) is 2.17. The average molecular weight is 339 g/mol. The third kappa shape index (κ3) is 2.43. The zero-order chi connectivity index (χ0) is 12.8. The van der Waals surface area contributed by atoms with Crippen molar-refractivity contribution in [1.82, 2.24) is 5.32 Å². The lowest BCUT2D eigenvalue weighted by atomic mass is 9.90. The summed E-state index contributed by atoms with van der Waals surface area (Å²) in [5.74, 6) is 0.690. The molecule has 0 fully saturated rings. The molecule has 2 rings (SSSR count). The van der Waals surface area contributed by atoms with Gasteiger partial charge in [0.2, 0.25) is 0 Å². The molecule has 1 unspecified atom stereocenters. The molecule has 0 aliphatic carbocycles. The van der Waals surface area contributed by atoms with Gasteiger partial charge in [-0.25, -0.2) is 0 Å². The van der Waals surface area contributed by atoms with Gasteiger partial charge in [-0.05, 0) is 42.9 Å². The van der Waals surface area contributed by atoms with Gasteiger partial charge in [-0.15, -0.1) is 0 Å². The Bertz CT molecular complexity index is 462. The van der Waals surface area contributed by atoms with E-state index >= 15 is 0 Å². The molecule has 1 aromatic carbocycles. The second-order valence-corrected chi connectivity index (χ2v) is 6.44. The van der Waals surface area contributed by atoms with Crippen LogP contribution in [-0.2, 0) is 0 Å². The minimum Gasteiger partial charge on any atom is -0.486 e. The lowest BCUT2D eigenvalue weighted by molar-refractivity contribution is 0.0676. The number of rotatable bonds is 1. The van der Waals surface area contributed by atoms with E-state index in [4.69, 9.17) is 27.9 Å². The number of hydrogen-bond donors (Lipinski definition) is 1. The van der Waals surface area contributed by atoms with Gasteiger partial charge in [-0.2, -0.15) is 0 Å². The normalized spacial score (nSPS) is 21.9. The van der Waals surface area contributed by atoms with Crippen molar-refractivity contribution in [3.05, 3.63) is 26.1 Å². The number of benzene rings is 1. The minimum atomic E-state index is -0.249. The maximum absolute atomic E-state index is 6.32. The first kappa shape index (κ1) is 13.5. The number of fused-ring (bicyclic) bond motifs is 1. The Morgan fingerprint density at radius 3 is 2.71 bits per heavy atom. The number of hydrogen-bond acceptors (Lipinski definition) is 2. The maximum atomic E-state index is 6.32. The van der Waals surface area contributed by atoms with Gasteiger partial charge in [-0.3, -0.25) is 0 Å². The van der Waals surface area contributed by atoms with Crippen LogP contribution in [0.5, 0.6) is 5.75 Å². The van der Waals surface area contributed by atoms with Crippen molar-refractivity contribution in [3.8, 4) is 5.75 Å². The van der Waals surface area contributed by atoms with E-state index in [0.717, 1.165) is 16.5 Å². The van der Waals surface area contributed by atoms with E-state index in [9.17, 15) is 0 Å². The molecule has 1 aliphatic rings. The highest BCUT2D eigenvalue weighted by Crippen LogP contribution is 2.48. The van der Waals surface area contributed by atoms with Crippen molar-refractivity contribution >= 4 is 39.1 Å². The van der Waals surface area contributed by atoms with Crippen LogP contribution in [0.2, 0.25) is 10.0 Å². The summed E-state index contributed by atoms with van der Waals surface area (Å²) in [6, 6.07) is 1.92. The number of ether oxygens (including phenoxy) is 1. The van der Waals surface area contributed by atoms with Crippen molar-refractivity contribution in [2.75, 3.05) is 7.05 Å². The first-order chi connectivity index (χ1) is 7.85.